The smallest absolute Gasteiger partial charge is 0.164 e. The molecule has 1 N–H and O–H groups in total. The summed E-state index contributed by atoms with van der Waals surface area (Å²) >= 11 is 0. The number of carbonyl (C=O) groups excluding carboxylic acids is 1. The van der Waals surface area contributed by atoms with Crippen LogP contribution in [0.25, 0.3) is 43.9 Å². The van der Waals surface area contributed by atoms with Crippen molar-refractivity contribution in [2.45, 2.75) is 93.4 Å². The van der Waals surface area contributed by atoms with E-state index in [1.165, 1.54) is 10.9 Å². The second-order valence-electron chi connectivity index (χ2n) is 13.4. The van der Waals surface area contributed by atoms with Crippen molar-refractivity contribution < 1.29 is 35.8 Å². The molecule has 0 spiro atoms. The van der Waals surface area contributed by atoms with Crippen LogP contribution in [0.2, 0.25) is 0 Å². The molecule has 1 radical (unpaired) electrons. The van der Waals surface area contributed by atoms with E-state index >= 15 is 0 Å². The van der Waals surface area contributed by atoms with Crippen LogP contribution in [0.5, 0.6) is 0 Å². The third kappa shape index (κ3) is 7.42. The van der Waals surface area contributed by atoms with Crippen molar-refractivity contribution in [2.75, 3.05) is 0 Å². The maximum absolute atomic E-state index is 12.3. The van der Waals surface area contributed by atoms with E-state index in [0.717, 1.165) is 51.4 Å². The first-order valence-corrected chi connectivity index (χ1v) is 15.9. The van der Waals surface area contributed by atoms with Crippen molar-refractivity contribution in [1.29, 1.82) is 0 Å². The predicted octanol–water partition coefficient (Wildman–Crippen LogP) is 11.5. The molecule has 4 nitrogen and oxygen atoms in total. The molecule has 5 heteroatoms. The van der Waals surface area contributed by atoms with E-state index in [0.29, 0.717) is 12.8 Å². The Morgan fingerprint density at radius 2 is 1.44 bits per heavy atom. The summed E-state index contributed by atoms with van der Waals surface area (Å²) in [6.45, 7) is 18.3. The molecule has 0 amide bonds. The van der Waals surface area contributed by atoms with Gasteiger partial charge in [-0.05, 0) is 43.2 Å². The van der Waals surface area contributed by atoms with Crippen LogP contribution in [0.15, 0.2) is 83.2 Å². The first kappa shape index (κ1) is 34.6. The van der Waals surface area contributed by atoms with Gasteiger partial charge in [-0.25, -0.2) is 0 Å². The third-order valence-corrected chi connectivity index (χ3v) is 9.62. The summed E-state index contributed by atoms with van der Waals surface area (Å²) in [6.07, 6.45) is 4.56. The number of rotatable bonds is 8. The number of para-hydroxylation sites is 1. The Labute approximate surface area is 284 Å². The van der Waals surface area contributed by atoms with Crippen LogP contribution in [0, 0.1) is 16.9 Å². The molecule has 45 heavy (non-hydrogen) atoms. The number of allylic oxidation sites excluding steroid dienone is 2. The number of aliphatic hydroxyl groups excluding tert-OH is 1. The van der Waals surface area contributed by atoms with Gasteiger partial charge in [-0.3, -0.25) is 9.78 Å². The maximum atomic E-state index is 12.3. The SMILES string of the molecule is CC(C)(C)c1cc(-c2nc3ccccc3c3ccoc23)[c-]c2ccccc12.[2H]/C(C(=O)C(C)(CC)CC)=C(/O)C(C)(CC)CC.[Ir]. The van der Waals surface area contributed by atoms with Crippen LogP contribution in [-0.4, -0.2) is 15.9 Å². The summed E-state index contributed by atoms with van der Waals surface area (Å²) < 4.78 is 13.9. The molecule has 0 bridgehead atoms. The summed E-state index contributed by atoms with van der Waals surface area (Å²) in [5, 5.41) is 14.8. The number of hydrogen-bond acceptors (Lipinski definition) is 4. The average molecular weight is 784 g/mol. The van der Waals surface area contributed by atoms with E-state index in [2.05, 4.69) is 69.3 Å². The van der Waals surface area contributed by atoms with Crippen LogP contribution in [0.3, 0.4) is 0 Å². The van der Waals surface area contributed by atoms with Crippen molar-refractivity contribution >= 4 is 38.4 Å². The summed E-state index contributed by atoms with van der Waals surface area (Å²) in [5.41, 5.74) is 3.93. The van der Waals surface area contributed by atoms with Crippen molar-refractivity contribution in [3.63, 3.8) is 0 Å². The largest absolute Gasteiger partial charge is 0.512 e. The molecular weight excluding hydrogens is 735 g/mol. The topological polar surface area (TPSA) is 63.3 Å². The first-order valence-electron chi connectivity index (χ1n) is 16.4. The van der Waals surface area contributed by atoms with Gasteiger partial charge < -0.3 is 9.52 Å². The Bertz CT molecular complexity index is 1860. The molecule has 0 aliphatic rings. The molecule has 3 aromatic carbocycles. The van der Waals surface area contributed by atoms with Crippen LogP contribution >= 0.6 is 0 Å². The fourth-order valence-corrected chi connectivity index (χ4v) is 5.40. The zero-order valence-corrected chi connectivity index (χ0v) is 30.6. The average Bonchev–Trinajstić information content (AvgIpc) is 3.56. The Kier molecular flexibility index (Phi) is 11.1. The third-order valence-electron chi connectivity index (χ3n) is 9.62. The molecule has 0 saturated carbocycles. The fraction of sp³-hybridized carbons (Fsp3) is 0.400. The standard InChI is InChI=1S/C25H20NO.C15H28O2.Ir/c1-25(2,3)21-15-17(14-16-8-4-5-9-18(16)21)23-24-20(12-13-27-24)19-10-6-7-11-22(19)26-23;1-7-14(5,8-2)12(16)11-13(17)15(6,9-3)10-4;/h4-13,15H,1-3H3;11,16H,7-10H2,1-6H3;/q-1;;/b;12-11-;/i;11D;. The fourth-order valence-electron chi connectivity index (χ4n) is 5.40. The van der Waals surface area contributed by atoms with Gasteiger partial charge >= 0.3 is 0 Å². The van der Waals surface area contributed by atoms with Crippen molar-refractivity contribution in [3.8, 4) is 11.3 Å². The molecule has 0 aliphatic carbocycles. The number of aliphatic hydroxyl groups is 1. The molecule has 0 fully saturated rings. The van der Waals surface area contributed by atoms with E-state index in [-0.39, 0.29) is 43.1 Å². The van der Waals surface area contributed by atoms with Gasteiger partial charge in [-0.1, -0.05) is 110 Å². The Morgan fingerprint density at radius 1 is 0.867 bits per heavy atom. The number of hydrogen-bond donors (Lipinski definition) is 1. The summed E-state index contributed by atoms with van der Waals surface area (Å²) in [7, 11) is 0. The van der Waals surface area contributed by atoms with Gasteiger partial charge in [0.1, 0.15) is 11.3 Å². The van der Waals surface area contributed by atoms with E-state index < -0.39 is 10.8 Å². The van der Waals surface area contributed by atoms with Crippen LogP contribution < -0.4 is 0 Å². The van der Waals surface area contributed by atoms with Crippen LogP contribution in [0.1, 0.15) is 94.9 Å². The molecule has 0 saturated heterocycles. The summed E-state index contributed by atoms with van der Waals surface area (Å²) in [4.78, 5) is 17.3. The maximum Gasteiger partial charge on any atom is 0.164 e. The van der Waals surface area contributed by atoms with Gasteiger partial charge in [-0.15, -0.1) is 29.1 Å². The van der Waals surface area contributed by atoms with Gasteiger partial charge in [0.15, 0.2) is 5.78 Å². The summed E-state index contributed by atoms with van der Waals surface area (Å²) in [6, 6.07) is 24.3. The molecular formula is C40H48IrNO3-. The first-order chi connectivity index (χ1) is 21.2. The molecule has 0 aliphatic heterocycles. The second kappa shape index (κ2) is 14.4. The molecule has 2 heterocycles. The number of ketones is 1. The monoisotopic (exact) mass is 784 g/mol. The zero-order valence-electron chi connectivity index (χ0n) is 29.2. The van der Waals surface area contributed by atoms with Gasteiger partial charge in [0.05, 0.1) is 13.2 Å². The van der Waals surface area contributed by atoms with E-state index in [1.807, 2.05) is 59.7 Å². The minimum Gasteiger partial charge on any atom is -0.512 e. The molecule has 0 unspecified atom stereocenters. The van der Waals surface area contributed by atoms with Crippen molar-refractivity contribution in [1.82, 2.24) is 4.98 Å². The Hall–Kier alpha value is -3.27. The minimum absolute atomic E-state index is 0. The van der Waals surface area contributed by atoms with Crippen molar-refractivity contribution in [2.24, 2.45) is 10.8 Å². The van der Waals surface area contributed by atoms with Crippen molar-refractivity contribution in [3.05, 3.63) is 90.4 Å². The van der Waals surface area contributed by atoms with E-state index in [1.54, 1.807) is 6.26 Å². The van der Waals surface area contributed by atoms with Gasteiger partial charge in [0.2, 0.25) is 0 Å². The number of aromatic nitrogens is 1. The van der Waals surface area contributed by atoms with Gasteiger partial charge in [-0.2, -0.15) is 0 Å². The number of furan rings is 1. The number of pyridine rings is 1. The van der Waals surface area contributed by atoms with E-state index in [4.69, 9.17) is 10.8 Å². The minimum atomic E-state index is -0.534. The molecule has 0 atom stereocenters. The number of carbonyl (C=O) groups is 1. The zero-order chi connectivity index (χ0) is 33.2. The molecule has 5 rings (SSSR count). The summed E-state index contributed by atoms with van der Waals surface area (Å²) in [5.74, 6) is -0.288. The van der Waals surface area contributed by atoms with E-state index in [9.17, 15) is 9.90 Å². The normalized spacial score (nSPS) is 13.1. The molecule has 2 aromatic heterocycles. The molecule has 5 aromatic rings. The second-order valence-corrected chi connectivity index (χ2v) is 13.4. The van der Waals surface area contributed by atoms with Gasteiger partial charge in [0.25, 0.3) is 0 Å². The van der Waals surface area contributed by atoms with Crippen LogP contribution in [0.4, 0.5) is 0 Å². The Morgan fingerprint density at radius 3 is 2.04 bits per heavy atom. The predicted molar refractivity (Wildman–Crippen MR) is 185 cm³/mol. The number of nitrogens with zero attached hydrogens (tertiary/aromatic N) is 1. The number of fused-ring (bicyclic) bond motifs is 4. The van der Waals surface area contributed by atoms with Gasteiger partial charge in [0, 0.05) is 53.5 Å². The Balaban J connectivity index is 0.000000269. The number of benzene rings is 3. The molecule has 241 valence electrons. The van der Waals surface area contributed by atoms with Crippen LogP contribution in [-0.2, 0) is 30.3 Å². The quantitative estimate of drug-likeness (QED) is 0.0967.